The lowest BCUT2D eigenvalue weighted by Gasteiger charge is -2.34. The number of carbonyl (C=O) groups excluding carboxylic acids is 1. The van der Waals surface area contributed by atoms with E-state index in [4.69, 9.17) is 5.26 Å². The Labute approximate surface area is 98.6 Å². The number of hydrogen-bond acceptors (Lipinski definition) is 3. The number of carbonyl (C=O) groups is 1. The smallest absolute Gasteiger partial charge is 0.242 e. The minimum atomic E-state index is -0.561. The molecule has 92 valence electrons. The number of likely N-dealkylation sites (N-methyl/N-ethyl adjacent to an activating group) is 1. The summed E-state index contributed by atoms with van der Waals surface area (Å²) < 4.78 is 0. The van der Waals surface area contributed by atoms with Crippen LogP contribution in [0, 0.1) is 11.3 Å². The van der Waals surface area contributed by atoms with Gasteiger partial charge in [-0.05, 0) is 34.2 Å². The maximum Gasteiger partial charge on any atom is 0.242 e. The van der Waals surface area contributed by atoms with Gasteiger partial charge in [0.05, 0.1) is 18.0 Å². The van der Waals surface area contributed by atoms with Crippen LogP contribution in [0.15, 0.2) is 0 Å². The molecule has 1 N–H and O–H groups in total. The molecule has 0 aromatic carbocycles. The zero-order valence-electron chi connectivity index (χ0n) is 11.0. The molecule has 0 aromatic heterocycles. The second-order valence-corrected chi connectivity index (χ2v) is 4.66. The van der Waals surface area contributed by atoms with E-state index >= 15 is 0 Å². The van der Waals surface area contributed by atoms with E-state index in [0.29, 0.717) is 13.0 Å². The summed E-state index contributed by atoms with van der Waals surface area (Å²) in [6.45, 7) is 10.9. The molecule has 0 fully saturated rings. The minimum Gasteiger partial charge on any atom is -0.338 e. The van der Waals surface area contributed by atoms with Crippen molar-refractivity contribution in [2.45, 2.75) is 52.6 Å². The molecule has 0 saturated carbocycles. The fourth-order valence-electron chi connectivity index (χ4n) is 1.64. The van der Waals surface area contributed by atoms with Gasteiger partial charge in [-0.15, -0.1) is 0 Å². The molecular weight excluding hydrogens is 202 g/mol. The Morgan fingerprint density at radius 3 is 2.44 bits per heavy atom. The molecule has 0 unspecified atom stereocenters. The highest BCUT2D eigenvalue weighted by Gasteiger charge is 2.31. The van der Waals surface area contributed by atoms with Gasteiger partial charge in [-0.2, -0.15) is 5.26 Å². The van der Waals surface area contributed by atoms with Gasteiger partial charge in [0.15, 0.2) is 0 Å². The van der Waals surface area contributed by atoms with Crippen LogP contribution < -0.4 is 5.32 Å². The molecule has 0 aliphatic rings. The van der Waals surface area contributed by atoms with Crippen LogP contribution in [0.4, 0.5) is 0 Å². The van der Waals surface area contributed by atoms with Gasteiger partial charge in [-0.3, -0.25) is 4.79 Å². The van der Waals surface area contributed by atoms with Gasteiger partial charge in [0.25, 0.3) is 0 Å². The molecule has 0 heterocycles. The zero-order chi connectivity index (χ0) is 12.8. The minimum absolute atomic E-state index is 0.0552. The SMILES string of the molecule is CCNC(C)(C)C(=O)N(CCC#N)C(C)C. The van der Waals surface area contributed by atoms with Crippen LogP contribution in [0.5, 0.6) is 0 Å². The van der Waals surface area contributed by atoms with Crippen LogP contribution in [0.1, 0.15) is 41.0 Å². The fraction of sp³-hybridized carbons (Fsp3) is 0.833. The lowest BCUT2D eigenvalue weighted by molar-refractivity contribution is -0.138. The Kier molecular flexibility index (Phi) is 6.05. The Bertz CT molecular complexity index is 266. The normalized spacial score (nSPS) is 11.3. The first kappa shape index (κ1) is 14.9. The molecule has 0 radical (unpaired) electrons. The highest BCUT2D eigenvalue weighted by atomic mass is 16.2. The number of nitriles is 1. The van der Waals surface area contributed by atoms with Gasteiger partial charge in [0.2, 0.25) is 5.91 Å². The van der Waals surface area contributed by atoms with Crippen molar-refractivity contribution in [1.29, 1.82) is 5.26 Å². The van der Waals surface area contributed by atoms with Gasteiger partial charge in [0.1, 0.15) is 0 Å². The summed E-state index contributed by atoms with van der Waals surface area (Å²) in [4.78, 5) is 14.0. The van der Waals surface area contributed by atoms with Crippen LogP contribution in [0.2, 0.25) is 0 Å². The molecule has 0 rings (SSSR count). The summed E-state index contributed by atoms with van der Waals surface area (Å²) in [7, 11) is 0. The molecule has 0 spiro atoms. The summed E-state index contributed by atoms with van der Waals surface area (Å²) in [5, 5.41) is 11.7. The van der Waals surface area contributed by atoms with Gasteiger partial charge < -0.3 is 10.2 Å². The summed E-state index contributed by atoms with van der Waals surface area (Å²) in [5.74, 6) is 0.0552. The predicted molar refractivity (Wildman–Crippen MR) is 64.8 cm³/mol. The van der Waals surface area contributed by atoms with E-state index in [1.54, 1.807) is 4.90 Å². The average Bonchev–Trinajstić information content (AvgIpc) is 2.17. The molecule has 0 bridgehead atoms. The Hall–Kier alpha value is -1.08. The summed E-state index contributed by atoms with van der Waals surface area (Å²) in [5.41, 5.74) is -0.561. The van der Waals surface area contributed by atoms with Crippen molar-refractivity contribution >= 4 is 5.91 Å². The number of rotatable bonds is 6. The van der Waals surface area contributed by atoms with Crippen molar-refractivity contribution < 1.29 is 4.79 Å². The number of nitrogens with zero attached hydrogens (tertiary/aromatic N) is 2. The topological polar surface area (TPSA) is 56.1 Å². The second kappa shape index (κ2) is 6.49. The monoisotopic (exact) mass is 225 g/mol. The maximum atomic E-state index is 12.3. The summed E-state index contributed by atoms with van der Waals surface area (Å²) in [6, 6.07) is 2.20. The Balaban J connectivity index is 4.67. The van der Waals surface area contributed by atoms with E-state index < -0.39 is 5.54 Å². The third-order valence-corrected chi connectivity index (χ3v) is 2.50. The van der Waals surface area contributed by atoms with Gasteiger partial charge in [-0.25, -0.2) is 0 Å². The van der Waals surface area contributed by atoms with Crippen LogP contribution in [-0.2, 0) is 4.79 Å². The van der Waals surface area contributed by atoms with Crippen molar-refractivity contribution in [1.82, 2.24) is 10.2 Å². The van der Waals surface area contributed by atoms with Crippen molar-refractivity contribution in [3.05, 3.63) is 0 Å². The van der Waals surface area contributed by atoms with Gasteiger partial charge in [0, 0.05) is 12.6 Å². The van der Waals surface area contributed by atoms with Crippen molar-refractivity contribution in [2.24, 2.45) is 0 Å². The summed E-state index contributed by atoms with van der Waals surface area (Å²) >= 11 is 0. The van der Waals surface area contributed by atoms with Crippen molar-refractivity contribution in [3.63, 3.8) is 0 Å². The van der Waals surface area contributed by atoms with Crippen LogP contribution in [0.3, 0.4) is 0 Å². The quantitative estimate of drug-likeness (QED) is 0.745. The van der Waals surface area contributed by atoms with Crippen molar-refractivity contribution in [2.75, 3.05) is 13.1 Å². The van der Waals surface area contributed by atoms with E-state index in [2.05, 4.69) is 11.4 Å². The molecule has 4 nitrogen and oxygen atoms in total. The van der Waals surface area contributed by atoms with Crippen LogP contribution in [-0.4, -0.2) is 35.5 Å². The number of nitrogens with one attached hydrogen (secondary N) is 1. The van der Waals surface area contributed by atoms with E-state index in [-0.39, 0.29) is 11.9 Å². The van der Waals surface area contributed by atoms with Gasteiger partial charge >= 0.3 is 0 Å². The first-order chi connectivity index (χ1) is 7.36. The maximum absolute atomic E-state index is 12.3. The molecular formula is C12H23N3O. The standard InChI is InChI=1S/C12H23N3O/c1-6-14-12(4,5)11(16)15(10(2)3)9-7-8-13/h10,14H,6-7,9H2,1-5H3. The molecule has 0 aromatic rings. The second-order valence-electron chi connectivity index (χ2n) is 4.66. The van der Waals surface area contributed by atoms with Gasteiger partial charge in [-0.1, -0.05) is 6.92 Å². The first-order valence-electron chi connectivity index (χ1n) is 5.79. The number of hydrogen-bond donors (Lipinski definition) is 1. The zero-order valence-corrected chi connectivity index (χ0v) is 11.0. The van der Waals surface area contributed by atoms with Crippen LogP contribution in [0.25, 0.3) is 0 Å². The van der Waals surface area contributed by atoms with E-state index in [1.807, 2.05) is 34.6 Å². The Morgan fingerprint density at radius 2 is 2.06 bits per heavy atom. The predicted octanol–water partition coefficient (Wildman–Crippen LogP) is 1.53. The van der Waals surface area contributed by atoms with Crippen molar-refractivity contribution in [3.8, 4) is 6.07 Å². The third kappa shape index (κ3) is 4.19. The largest absolute Gasteiger partial charge is 0.338 e. The molecule has 1 amide bonds. The highest BCUT2D eigenvalue weighted by Crippen LogP contribution is 2.11. The lowest BCUT2D eigenvalue weighted by Crippen LogP contribution is -2.55. The molecule has 0 saturated heterocycles. The first-order valence-corrected chi connectivity index (χ1v) is 5.79. The highest BCUT2D eigenvalue weighted by molar-refractivity contribution is 5.85. The average molecular weight is 225 g/mol. The molecule has 4 heteroatoms. The molecule has 0 aliphatic heterocycles. The summed E-state index contributed by atoms with van der Waals surface area (Å²) in [6.07, 6.45) is 0.381. The molecule has 16 heavy (non-hydrogen) atoms. The molecule has 0 aliphatic carbocycles. The van der Waals surface area contributed by atoms with Crippen LogP contribution >= 0.6 is 0 Å². The van der Waals surface area contributed by atoms with E-state index in [1.165, 1.54) is 0 Å². The lowest BCUT2D eigenvalue weighted by atomic mass is 10.0. The number of amides is 1. The third-order valence-electron chi connectivity index (χ3n) is 2.50. The van der Waals surface area contributed by atoms with E-state index in [9.17, 15) is 4.79 Å². The fourth-order valence-corrected chi connectivity index (χ4v) is 1.64. The Morgan fingerprint density at radius 1 is 1.50 bits per heavy atom. The van der Waals surface area contributed by atoms with E-state index in [0.717, 1.165) is 6.54 Å². The molecule has 0 atom stereocenters.